The number of amides is 1. The SMILES string of the molecule is C[n+]1ccccc1CCc1ccccc1NC=O. The summed E-state index contributed by atoms with van der Waals surface area (Å²) in [7, 11) is 2.05. The van der Waals surface area contributed by atoms with Gasteiger partial charge in [0.1, 0.15) is 7.05 Å². The van der Waals surface area contributed by atoms with Crippen LogP contribution in [0.2, 0.25) is 0 Å². The maximum atomic E-state index is 10.5. The van der Waals surface area contributed by atoms with Crippen LogP contribution in [-0.2, 0) is 24.7 Å². The molecular formula is C15H17N2O+. The lowest BCUT2D eigenvalue weighted by molar-refractivity contribution is -0.679. The number of nitrogens with one attached hydrogen (secondary N) is 1. The van der Waals surface area contributed by atoms with Gasteiger partial charge in [-0.3, -0.25) is 4.79 Å². The Hall–Kier alpha value is -2.16. The monoisotopic (exact) mass is 241 g/mol. The molecule has 0 atom stereocenters. The summed E-state index contributed by atoms with van der Waals surface area (Å²) < 4.78 is 2.12. The Morgan fingerprint density at radius 2 is 1.89 bits per heavy atom. The third-order valence-electron chi connectivity index (χ3n) is 3.04. The van der Waals surface area contributed by atoms with Crippen LogP contribution >= 0.6 is 0 Å². The first kappa shape index (κ1) is 12.3. The van der Waals surface area contributed by atoms with E-state index in [0.29, 0.717) is 0 Å². The van der Waals surface area contributed by atoms with Gasteiger partial charge in [0.2, 0.25) is 6.41 Å². The number of benzene rings is 1. The summed E-state index contributed by atoms with van der Waals surface area (Å²) >= 11 is 0. The largest absolute Gasteiger partial charge is 0.328 e. The van der Waals surface area contributed by atoms with E-state index in [4.69, 9.17) is 0 Å². The van der Waals surface area contributed by atoms with Crippen LogP contribution in [0.4, 0.5) is 5.69 Å². The van der Waals surface area contributed by atoms with Crippen molar-refractivity contribution in [1.29, 1.82) is 0 Å². The number of aryl methyl sites for hydroxylation is 3. The predicted octanol–water partition coefficient (Wildman–Crippen LogP) is 1.86. The maximum absolute atomic E-state index is 10.5. The lowest BCUT2D eigenvalue weighted by Gasteiger charge is -2.07. The molecule has 2 rings (SSSR count). The Labute approximate surface area is 107 Å². The highest BCUT2D eigenvalue weighted by Crippen LogP contribution is 2.16. The van der Waals surface area contributed by atoms with Crippen LogP contribution < -0.4 is 9.88 Å². The topological polar surface area (TPSA) is 33.0 Å². The van der Waals surface area contributed by atoms with E-state index < -0.39 is 0 Å². The van der Waals surface area contributed by atoms with Crippen molar-refractivity contribution in [3.63, 3.8) is 0 Å². The molecule has 18 heavy (non-hydrogen) atoms. The number of hydrogen-bond acceptors (Lipinski definition) is 1. The van der Waals surface area contributed by atoms with Gasteiger partial charge in [-0.05, 0) is 18.1 Å². The van der Waals surface area contributed by atoms with Crippen molar-refractivity contribution in [3.05, 3.63) is 59.9 Å². The highest BCUT2D eigenvalue weighted by Gasteiger charge is 2.07. The van der Waals surface area contributed by atoms with E-state index in [0.717, 1.165) is 30.5 Å². The van der Waals surface area contributed by atoms with Crippen LogP contribution in [0.15, 0.2) is 48.7 Å². The minimum atomic E-state index is 0.724. The molecule has 0 radical (unpaired) electrons. The molecule has 0 saturated carbocycles. The minimum absolute atomic E-state index is 0.724. The zero-order chi connectivity index (χ0) is 12.8. The molecule has 0 saturated heterocycles. The number of anilines is 1. The van der Waals surface area contributed by atoms with Gasteiger partial charge < -0.3 is 5.32 Å². The van der Waals surface area contributed by atoms with Crippen molar-refractivity contribution in [2.45, 2.75) is 12.8 Å². The van der Waals surface area contributed by atoms with Gasteiger partial charge in [0, 0.05) is 24.2 Å². The number of carbonyl (C=O) groups is 1. The molecule has 2 aromatic rings. The summed E-state index contributed by atoms with van der Waals surface area (Å²) in [5, 5.41) is 2.74. The van der Waals surface area contributed by atoms with E-state index in [2.05, 4.69) is 22.0 Å². The Morgan fingerprint density at radius 3 is 2.67 bits per heavy atom. The van der Waals surface area contributed by atoms with Crippen molar-refractivity contribution in [2.75, 3.05) is 5.32 Å². The second-order valence-electron chi connectivity index (χ2n) is 4.22. The fourth-order valence-corrected chi connectivity index (χ4v) is 2.02. The van der Waals surface area contributed by atoms with Crippen molar-refractivity contribution in [1.82, 2.24) is 0 Å². The second kappa shape index (κ2) is 5.96. The summed E-state index contributed by atoms with van der Waals surface area (Å²) in [6.45, 7) is 0. The minimum Gasteiger partial charge on any atom is -0.328 e. The molecule has 1 aromatic carbocycles. The molecule has 0 fully saturated rings. The average molecular weight is 241 g/mol. The number of rotatable bonds is 5. The smallest absolute Gasteiger partial charge is 0.211 e. The quantitative estimate of drug-likeness (QED) is 0.629. The van der Waals surface area contributed by atoms with Gasteiger partial charge in [-0.2, -0.15) is 0 Å². The number of nitrogens with zero attached hydrogens (tertiary/aromatic N) is 1. The van der Waals surface area contributed by atoms with E-state index in [1.165, 1.54) is 5.69 Å². The fourth-order valence-electron chi connectivity index (χ4n) is 2.02. The van der Waals surface area contributed by atoms with E-state index in [-0.39, 0.29) is 0 Å². The summed E-state index contributed by atoms with van der Waals surface area (Å²) in [6, 6.07) is 14.1. The van der Waals surface area contributed by atoms with Crippen molar-refractivity contribution >= 4 is 12.1 Å². The van der Waals surface area contributed by atoms with Crippen LogP contribution in [0.5, 0.6) is 0 Å². The zero-order valence-electron chi connectivity index (χ0n) is 10.5. The molecule has 1 heterocycles. The Kier molecular flexibility index (Phi) is 4.07. The lowest BCUT2D eigenvalue weighted by Crippen LogP contribution is -2.32. The van der Waals surface area contributed by atoms with E-state index in [1.54, 1.807) is 0 Å². The molecule has 3 heteroatoms. The van der Waals surface area contributed by atoms with Crippen LogP contribution in [0.1, 0.15) is 11.3 Å². The van der Waals surface area contributed by atoms with Crippen molar-refractivity contribution in [2.24, 2.45) is 7.05 Å². The molecular weight excluding hydrogens is 224 g/mol. The highest BCUT2D eigenvalue weighted by atomic mass is 16.1. The van der Waals surface area contributed by atoms with Gasteiger partial charge in [0.25, 0.3) is 0 Å². The molecule has 0 spiro atoms. The molecule has 1 aromatic heterocycles. The zero-order valence-corrected chi connectivity index (χ0v) is 10.5. The number of para-hydroxylation sites is 1. The summed E-state index contributed by atoms with van der Waals surface area (Å²) in [6.07, 6.45) is 4.63. The first-order chi connectivity index (χ1) is 8.81. The van der Waals surface area contributed by atoms with Crippen molar-refractivity contribution in [3.8, 4) is 0 Å². The third kappa shape index (κ3) is 2.94. The number of pyridine rings is 1. The average Bonchev–Trinajstić information content (AvgIpc) is 2.40. The van der Waals surface area contributed by atoms with E-state index in [1.807, 2.05) is 43.6 Å². The van der Waals surface area contributed by atoms with Crippen LogP contribution in [0.3, 0.4) is 0 Å². The van der Waals surface area contributed by atoms with Crippen LogP contribution in [0.25, 0.3) is 0 Å². The molecule has 92 valence electrons. The maximum Gasteiger partial charge on any atom is 0.211 e. The predicted molar refractivity (Wildman–Crippen MR) is 71.2 cm³/mol. The molecule has 1 N–H and O–H groups in total. The summed E-state index contributed by atoms with van der Waals surface area (Å²) in [4.78, 5) is 10.5. The standard InChI is InChI=1S/C15H16N2O/c1-17-11-5-4-7-14(17)10-9-13-6-2-3-8-15(13)16-12-18/h2-8,11-12H,9-10H2,1H3/p+1. The Balaban J connectivity index is 2.11. The van der Waals surface area contributed by atoms with Gasteiger partial charge in [0.05, 0.1) is 0 Å². The van der Waals surface area contributed by atoms with Gasteiger partial charge in [-0.25, -0.2) is 4.57 Å². The van der Waals surface area contributed by atoms with Gasteiger partial charge >= 0.3 is 0 Å². The number of hydrogen-bond donors (Lipinski definition) is 1. The number of carbonyl (C=O) groups excluding carboxylic acids is 1. The lowest BCUT2D eigenvalue weighted by atomic mass is 10.1. The molecule has 1 amide bonds. The normalized spacial score (nSPS) is 10.1. The van der Waals surface area contributed by atoms with Gasteiger partial charge in [0.15, 0.2) is 11.9 Å². The highest BCUT2D eigenvalue weighted by molar-refractivity contribution is 5.73. The van der Waals surface area contributed by atoms with Crippen LogP contribution in [-0.4, -0.2) is 6.41 Å². The van der Waals surface area contributed by atoms with Gasteiger partial charge in [-0.15, -0.1) is 0 Å². The first-order valence-corrected chi connectivity index (χ1v) is 6.03. The van der Waals surface area contributed by atoms with E-state index >= 15 is 0 Å². The van der Waals surface area contributed by atoms with Crippen molar-refractivity contribution < 1.29 is 9.36 Å². The molecule has 0 unspecified atom stereocenters. The molecule has 0 aliphatic heterocycles. The fraction of sp³-hybridized carbons (Fsp3) is 0.200. The first-order valence-electron chi connectivity index (χ1n) is 6.03. The second-order valence-corrected chi connectivity index (χ2v) is 4.22. The van der Waals surface area contributed by atoms with Gasteiger partial charge in [-0.1, -0.05) is 24.3 Å². The molecule has 0 bridgehead atoms. The Morgan fingerprint density at radius 1 is 1.11 bits per heavy atom. The Bertz CT molecular complexity index is 538. The molecule has 0 aliphatic rings. The summed E-state index contributed by atoms with van der Waals surface area (Å²) in [5.41, 5.74) is 3.33. The molecule has 3 nitrogen and oxygen atoms in total. The third-order valence-corrected chi connectivity index (χ3v) is 3.04. The van der Waals surface area contributed by atoms with E-state index in [9.17, 15) is 4.79 Å². The van der Waals surface area contributed by atoms with Crippen LogP contribution in [0, 0.1) is 0 Å². The molecule has 0 aliphatic carbocycles. The number of aromatic nitrogens is 1. The summed E-state index contributed by atoms with van der Waals surface area (Å²) in [5.74, 6) is 0.